The molecule has 0 aliphatic rings. The number of anilines is 1. The summed E-state index contributed by atoms with van der Waals surface area (Å²) in [5.41, 5.74) is 1.28. The zero-order valence-electron chi connectivity index (χ0n) is 12.4. The number of amides is 1. The van der Waals surface area contributed by atoms with Gasteiger partial charge in [0.1, 0.15) is 0 Å². The van der Waals surface area contributed by atoms with Crippen molar-refractivity contribution in [2.45, 2.75) is 26.2 Å². The minimum atomic E-state index is -0.0504. The molecule has 0 bridgehead atoms. The van der Waals surface area contributed by atoms with Gasteiger partial charge in [-0.15, -0.1) is 0 Å². The standard InChI is InChI=1S/C16H22N2O3/c1-2-9-20-11-12-21-10-3-4-16(19)18-15-7-5-14(13-17)6-8-15/h5-8H,2-4,9-12H2,1H3,(H,18,19). The van der Waals surface area contributed by atoms with Crippen LogP contribution in [0.3, 0.4) is 0 Å². The second kappa shape index (κ2) is 10.8. The number of hydrogen-bond donors (Lipinski definition) is 1. The van der Waals surface area contributed by atoms with E-state index in [9.17, 15) is 4.79 Å². The SMILES string of the molecule is CCCOCCOCCCC(=O)Nc1ccc(C#N)cc1. The van der Waals surface area contributed by atoms with E-state index in [0.717, 1.165) is 13.0 Å². The molecule has 1 N–H and O–H groups in total. The highest BCUT2D eigenvalue weighted by atomic mass is 16.5. The Kier molecular flexibility index (Phi) is 8.85. The topological polar surface area (TPSA) is 71.3 Å². The highest BCUT2D eigenvalue weighted by Gasteiger charge is 2.02. The third-order valence-electron chi connectivity index (χ3n) is 2.71. The molecule has 0 saturated heterocycles. The molecule has 5 heteroatoms. The van der Waals surface area contributed by atoms with Crippen molar-refractivity contribution in [2.75, 3.05) is 31.7 Å². The summed E-state index contributed by atoms with van der Waals surface area (Å²) in [6.07, 6.45) is 2.10. The molecule has 0 saturated carbocycles. The largest absolute Gasteiger partial charge is 0.379 e. The fourth-order valence-electron chi connectivity index (χ4n) is 1.65. The maximum absolute atomic E-state index is 11.7. The molecule has 114 valence electrons. The van der Waals surface area contributed by atoms with E-state index in [1.165, 1.54) is 0 Å². The number of nitrogens with one attached hydrogen (secondary N) is 1. The average Bonchev–Trinajstić information content (AvgIpc) is 2.50. The third-order valence-corrected chi connectivity index (χ3v) is 2.71. The van der Waals surface area contributed by atoms with Crippen molar-refractivity contribution in [1.82, 2.24) is 0 Å². The zero-order chi connectivity index (χ0) is 15.3. The first-order valence-electron chi connectivity index (χ1n) is 7.21. The van der Waals surface area contributed by atoms with Gasteiger partial charge >= 0.3 is 0 Å². The van der Waals surface area contributed by atoms with Gasteiger partial charge in [-0.1, -0.05) is 6.92 Å². The number of nitrogens with zero attached hydrogens (tertiary/aromatic N) is 1. The molecule has 0 atom stereocenters. The molecule has 0 radical (unpaired) electrons. The Morgan fingerprint density at radius 3 is 2.43 bits per heavy atom. The molecule has 0 aromatic heterocycles. The lowest BCUT2D eigenvalue weighted by molar-refractivity contribution is -0.116. The molecule has 0 fully saturated rings. The minimum absolute atomic E-state index is 0.0504. The molecular weight excluding hydrogens is 268 g/mol. The zero-order valence-corrected chi connectivity index (χ0v) is 12.4. The first-order valence-corrected chi connectivity index (χ1v) is 7.21. The van der Waals surface area contributed by atoms with Gasteiger partial charge in [0.25, 0.3) is 0 Å². The number of carbonyl (C=O) groups excluding carboxylic acids is 1. The minimum Gasteiger partial charge on any atom is -0.379 e. The predicted molar refractivity (Wildman–Crippen MR) is 80.9 cm³/mol. The van der Waals surface area contributed by atoms with E-state index in [0.29, 0.717) is 43.9 Å². The predicted octanol–water partition coefficient (Wildman–Crippen LogP) is 2.72. The molecule has 1 rings (SSSR count). The lowest BCUT2D eigenvalue weighted by atomic mass is 10.2. The van der Waals surface area contributed by atoms with Crippen molar-refractivity contribution in [1.29, 1.82) is 5.26 Å². The highest BCUT2D eigenvalue weighted by Crippen LogP contribution is 2.09. The van der Waals surface area contributed by atoms with Crippen molar-refractivity contribution in [3.8, 4) is 6.07 Å². The Hall–Kier alpha value is -1.90. The molecule has 0 unspecified atom stereocenters. The highest BCUT2D eigenvalue weighted by molar-refractivity contribution is 5.90. The van der Waals surface area contributed by atoms with E-state index in [1.807, 2.05) is 6.07 Å². The first-order chi connectivity index (χ1) is 10.3. The van der Waals surface area contributed by atoms with E-state index < -0.39 is 0 Å². The molecule has 0 aliphatic carbocycles. The smallest absolute Gasteiger partial charge is 0.224 e. The Bertz CT molecular complexity index is 452. The molecule has 21 heavy (non-hydrogen) atoms. The Morgan fingerprint density at radius 1 is 1.14 bits per heavy atom. The number of ether oxygens (including phenoxy) is 2. The van der Waals surface area contributed by atoms with Crippen molar-refractivity contribution in [3.05, 3.63) is 29.8 Å². The second-order valence-corrected chi connectivity index (χ2v) is 4.57. The number of hydrogen-bond acceptors (Lipinski definition) is 4. The summed E-state index contributed by atoms with van der Waals surface area (Å²) in [6.45, 7) is 4.54. The van der Waals surface area contributed by atoms with Gasteiger partial charge in [0.2, 0.25) is 5.91 Å². The number of benzene rings is 1. The van der Waals surface area contributed by atoms with Gasteiger partial charge in [0, 0.05) is 25.3 Å². The third kappa shape index (κ3) is 8.08. The number of rotatable bonds is 10. The van der Waals surface area contributed by atoms with E-state index in [4.69, 9.17) is 14.7 Å². The Morgan fingerprint density at radius 2 is 1.81 bits per heavy atom. The quantitative estimate of drug-likeness (QED) is 0.673. The Balaban J connectivity index is 2.07. The van der Waals surface area contributed by atoms with Crippen molar-refractivity contribution >= 4 is 11.6 Å². The fraction of sp³-hybridized carbons (Fsp3) is 0.500. The van der Waals surface area contributed by atoms with Crippen LogP contribution in [0.4, 0.5) is 5.69 Å². The van der Waals surface area contributed by atoms with Crippen LogP contribution in [0.25, 0.3) is 0 Å². The van der Waals surface area contributed by atoms with Crippen LogP contribution >= 0.6 is 0 Å². The maximum atomic E-state index is 11.7. The van der Waals surface area contributed by atoms with Gasteiger partial charge in [-0.25, -0.2) is 0 Å². The summed E-state index contributed by atoms with van der Waals surface area (Å²) < 4.78 is 10.7. The van der Waals surface area contributed by atoms with Crippen LogP contribution in [0.15, 0.2) is 24.3 Å². The molecule has 1 aromatic carbocycles. The van der Waals surface area contributed by atoms with Gasteiger partial charge in [0.05, 0.1) is 24.8 Å². The molecule has 1 aromatic rings. The summed E-state index contributed by atoms with van der Waals surface area (Å²) in [7, 11) is 0. The summed E-state index contributed by atoms with van der Waals surface area (Å²) in [4.78, 5) is 11.7. The van der Waals surface area contributed by atoms with Crippen molar-refractivity contribution in [2.24, 2.45) is 0 Å². The van der Waals surface area contributed by atoms with Crippen LogP contribution in [-0.4, -0.2) is 32.3 Å². The lowest BCUT2D eigenvalue weighted by Crippen LogP contribution is -2.13. The summed E-state index contributed by atoms with van der Waals surface area (Å²) in [6, 6.07) is 8.83. The van der Waals surface area contributed by atoms with Gasteiger partial charge in [-0.3, -0.25) is 4.79 Å². The van der Waals surface area contributed by atoms with Crippen LogP contribution in [0.1, 0.15) is 31.7 Å². The van der Waals surface area contributed by atoms with Gasteiger partial charge in [-0.05, 0) is 37.1 Å². The van der Waals surface area contributed by atoms with Gasteiger partial charge < -0.3 is 14.8 Å². The lowest BCUT2D eigenvalue weighted by Gasteiger charge is -2.06. The first kappa shape index (κ1) is 17.2. The summed E-state index contributed by atoms with van der Waals surface area (Å²) >= 11 is 0. The summed E-state index contributed by atoms with van der Waals surface area (Å²) in [5.74, 6) is -0.0504. The van der Waals surface area contributed by atoms with Crippen LogP contribution in [-0.2, 0) is 14.3 Å². The van der Waals surface area contributed by atoms with Crippen LogP contribution in [0.2, 0.25) is 0 Å². The normalized spacial score (nSPS) is 10.1. The molecule has 1 amide bonds. The van der Waals surface area contributed by atoms with Crippen molar-refractivity contribution in [3.63, 3.8) is 0 Å². The van der Waals surface area contributed by atoms with Crippen LogP contribution in [0, 0.1) is 11.3 Å². The van der Waals surface area contributed by atoms with Crippen LogP contribution in [0.5, 0.6) is 0 Å². The van der Waals surface area contributed by atoms with Gasteiger partial charge in [0.15, 0.2) is 0 Å². The van der Waals surface area contributed by atoms with Gasteiger partial charge in [-0.2, -0.15) is 5.26 Å². The molecule has 0 spiro atoms. The van der Waals surface area contributed by atoms with E-state index in [2.05, 4.69) is 12.2 Å². The Labute approximate surface area is 125 Å². The summed E-state index contributed by atoms with van der Waals surface area (Å²) in [5, 5.41) is 11.5. The van der Waals surface area contributed by atoms with E-state index in [1.54, 1.807) is 24.3 Å². The molecule has 0 heterocycles. The maximum Gasteiger partial charge on any atom is 0.224 e. The van der Waals surface area contributed by atoms with Crippen LogP contribution < -0.4 is 5.32 Å². The molecular formula is C16H22N2O3. The van der Waals surface area contributed by atoms with E-state index in [-0.39, 0.29) is 5.91 Å². The van der Waals surface area contributed by atoms with Crippen molar-refractivity contribution < 1.29 is 14.3 Å². The monoisotopic (exact) mass is 290 g/mol. The second-order valence-electron chi connectivity index (χ2n) is 4.57. The average molecular weight is 290 g/mol. The van der Waals surface area contributed by atoms with E-state index >= 15 is 0 Å². The molecule has 5 nitrogen and oxygen atoms in total. The number of nitriles is 1. The number of carbonyl (C=O) groups is 1. The fourth-order valence-corrected chi connectivity index (χ4v) is 1.65. The molecule has 0 aliphatic heterocycles.